The third kappa shape index (κ3) is 3.44. The van der Waals surface area contributed by atoms with Crippen molar-refractivity contribution in [2.24, 2.45) is 5.92 Å². The maximum atomic E-state index is 12.3. The maximum Gasteiger partial charge on any atom is 0.326 e. The van der Waals surface area contributed by atoms with E-state index >= 15 is 0 Å². The molecule has 1 heterocycles. The second kappa shape index (κ2) is 6.30. The Balaban J connectivity index is 2.25. The van der Waals surface area contributed by atoms with Crippen LogP contribution in [-0.4, -0.2) is 28.0 Å². The SMILES string of the molecule is CC(C)CC(NC(=O)c1[nH]c2ccccc2c1Br)C(=O)O. The number of H-pyrrole nitrogens is 1. The summed E-state index contributed by atoms with van der Waals surface area (Å²) in [6.45, 7) is 3.84. The van der Waals surface area contributed by atoms with Gasteiger partial charge in [0.15, 0.2) is 0 Å². The van der Waals surface area contributed by atoms with Crippen molar-refractivity contribution in [3.05, 3.63) is 34.4 Å². The van der Waals surface area contributed by atoms with Crippen LogP contribution in [0, 0.1) is 5.92 Å². The molecule has 0 fully saturated rings. The Morgan fingerprint density at radius 3 is 2.57 bits per heavy atom. The van der Waals surface area contributed by atoms with Crippen LogP contribution in [-0.2, 0) is 4.79 Å². The van der Waals surface area contributed by atoms with Crippen LogP contribution in [0.1, 0.15) is 30.8 Å². The van der Waals surface area contributed by atoms with Crippen LogP contribution >= 0.6 is 15.9 Å². The van der Waals surface area contributed by atoms with Crippen molar-refractivity contribution in [3.63, 3.8) is 0 Å². The van der Waals surface area contributed by atoms with Gasteiger partial charge in [-0.1, -0.05) is 32.0 Å². The number of fused-ring (bicyclic) bond motifs is 1. The zero-order valence-corrected chi connectivity index (χ0v) is 13.4. The zero-order chi connectivity index (χ0) is 15.6. The number of para-hydroxylation sites is 1. The minimum atomic E-state index is -1.02. The van der Waals surface area contributed by atoms with Crippen LogP contribution < -0.4 is 5.32 Å². The van der Waals surface area contributed by atoms with Crippen LogP contribution in [0.5, 0.6) is 0 Å². The first-order valence-electron chi connectivity index (χ1n) is 6.70. The summed E-state index contributed by atoms with van der Waals surface area (Å²) < 4.78 is 0.643. The number of aliphatic carboxylic acids is 1. The van der Waals surface area contributed by atoms with Crippen LogP contribution in [0.4, 0.5) is 0 Å². The first-order chi connectivity index (χ1) is 9.90. The topological polar surface area (TPSA) is 82.2 Å². The van der Waals surface area contributed by atoms with Crippen molar-refractivity contribution in [1.29, 1.82) is 0 Å². The molecule has 0 aliphatic carbocycles. The molecule has 112 valence electrons. The fourth-order valence-corrected chi connectivity index (χ4v) is 2.81. The second-order valence-corrected chi connectivity index (χ2v) is 6.15. The quantitative estimate of drug-likeness (QED) is 0.772. The van der Waals surface area contributed by atoms with Crippen molar-refractivity contribution < 1.29 is 14.7 Å². The molecule has 0 radical (unpaired) electrons. The van der Waals surface area contributed by atoms with Gasteiger partial charge >= 0.3 is 5.97 Å². The second-order valence-electron chi connectivity index (χ2n) is 5.35. The molecule has 3 N–H and O–H groups in total. The maximum absolute atomic E-state index is 12.3. The molecule has 21 heavy (non-hydrogen) atoms. The average Bonchev–Trinajstić information content (AvgIpc) is 2.75. The van der Waals surface area contributed by atoms with E-state index in [0.717, 1.165) is 10.9 Å². The summed E-state index contributed by atoms with van der Waals surface area (Å²) in [5.41, 5.74) is 1.16. The standard InChI is InChI=1S/C15H17BrN2O3/c1-8(2)7-11(15(20)21)18-14(19)13-12(16)9-5-3-4-6-10(9)17-13/h3-6,8,11,17H,7H2,1-2H3,(H,18,19)(H,20,21). The molecule has 5 nitrogen and oxygen atoms in total. The van der Waals surface area contributed by atoms with Crippen molar-refractivity contribution in [3.8, 4) is 0 Å². The summed E-state index contributed by atoms with van der Waals surface area (Å²) in [6, 6.07) is 6.60. The van der Waals surface area contributed by atoms with E-state index in [1.165, 1.54) is 0 Å². The lowest BCUT2D eigenvalue weighted by Gasteiger charge is -2.16. The fourth-order valence-electron chi connectivity index (χ4n) is 2.19. The van der Waals surface area contributed by atoms with E-state index in [2.05, 4.69) is 26.2 Å². The number of rotatable bonds is 5. The number of amides is 1. The highest BCUT2D eigenvalue weighted by atomic mass is 79.9. The lowest BCUT2D eigenvalue weighted by atomic mass is 10.0. The Morgan fingerprint density at radius 2 is 2.00 bits per heavy atom. The average molecular weight is 353 g/mol. The Morgan fingerprint density at radius 1 is 1.33 bits per heavy atom. The summed E-state index contributed by atoms with van der Waals surface area (Å²) in [6.07, 6.45) is 0.388. The lowest BCUT2D eigenvalue weighted by molar-refractivity contribution is -0.139. The molecule has 2 aromatic rings. The summed E-state index contributed by atoms with van der Waals surface area (Å²) in [5, 5.41) is 12.6. The first kappa shape index (κ1) is 15.6. The summed E-state index contributed by atoms with van der Waals surface area (Å²) in [7, 11) is 0. The summed E-state index contributed by atoms with van der Waals surface area (Å²) in [5.74, 6) is -1.27. The van der Waals surface area contributed by atoms with Gasteiger partial charge < -0.3 is 15.4 Å². The predicted molar refractivity (Wildman–Crippen MR) is 84.3 cm³/mol. The molecule has 1 atom stereocenters. The Hall–Kier alpha value is -1.82. The molecular weight excluding hydrogens is 336 g/mol. The minimum absolute atomic E-state index is 0.178. The highest BCUT2D eigenvalue weighted by molar-refractivity contribution is 9.10. The number of aromatic amines is 1. The van der Waals surface area contributed by atoms with Gasteiger partial charge in [-0.3, -0.25) is 4.79 Å². The van der Waals surface area contributed by atoms with Gasteiger partial charge in [0.05, 0.1) is 4.47 Å². The molecule has 6 heteroatoms. The molecule has 1 amide bonds. The normalized spacial score (nSPS) is 12.6. The van der Waals surface area contributed by atoms with Crippen molar-refractivity contribution in [2.75, 3.05) is 0 Å². The van der Waals surface area contributed by atoms with E-state index in [1.807, 2.05) is 38.1 Å². The van der Waals surface area contributed by atoms with Crippen molar-refractivity contribution in [2.45, 2.75) is 26.3 Å². The van der Waals surface area contributed by atoms with Gasteiger partial charge in [0, 0.05) is 10.9 Å². The largest absolute Gasteiger partial charge is 0.480 e. The van der Waals surface area contributed by atoms with Crippen molar-refractivity contribution in [1.82, 2.24) is 10.3 Å². The molecule has 0 saturated carbocycles. The number of halogens is 1. The van der Waals surface area contributed by atoms with E-state index in [1.54, 1.807) is 0 Å². The first-order valence-corrected chi connectivity index (χ1v) is 7.49. The highest BCUT2D eigenvalue weighted by Crippen LogP contribution is 2.27. The molecule has 0 bridgehead atoms. The third-order valence-corrected chi connectivity index (χ3v) is 4.00. The van der Waals surface area contributed by atoms with Gasteiger partial charge in [-0.2, -0.15) is 0 Å². The number of aromatic nitrogens is 1. The number of hydrogen-bond donors (Lipinski definition) is 3. The molecule has 1 unspecified atom stereocenters. The number of nitrogens with one attached hydrogen (secondary N) is 2. The van der Waals surface area contributed by atoms with E-state index < -0.39 is 17.9 Å². The van der Waals surface area contributed by atoms with Gasteiger partial charge in [0.2, 0.25) is 0 Å². The molecule has 0 spiro atoms. The number of carbonyl (C=O) groups is 2. The molecular formula is C15H17BrN2O3. The smallest absolute Gasteiger partial charge is 0.326 e. The van der Waals surface area contributed by atoms with Gasteiger partial charge in [0.25, 0.3) is 5.91 Å². The van der Waals surface area contributed by atoms with E-state index in [0.29, 0.717) is 16.6 Å². The lowest BCUT2D eigenvalue weighted by Crippen LogP contribution is -2.41. The number of carboxylic acids is 1. The summed E-state index contributed by atoms with van der Waals surface area (Å²) >= 11 is 3.39. The van der Waals surface area contributed by atoms with Crippen molar-refractivity contribution >= 4 is 38.7 Å². The number of carbonyl (C=O) groups excluding carboxylic acids is 1. The van der Waals surface area contributed by atoms with Crippen LogP contribution in [0.2, 0.25) is 0 Å². The van der Waals surface area contributed by atoms with Gasteiger partial charge in [-0.05, 0) is 34.3 Å². The van der Waals surface area contributed by atoms with Crippen LogP contribution in [0.3, 0.4) is 0 Å². The summed E-state index contributed by atoms with van der Waals surface area (Å²) in [4.78, 5) is 26.5. The van der Waals surface area contributed by atoms with Crippen LogP contribution in [0.25, 0.3) is 10.9 Å². The number of hydrogen-bond acceptors (Lipinski definition) is 2. The van der Waals surface area contributed by atoms with E-state index in [-0.39, 0.29) is 5.92 Å². The van der Waals surface area contributed by atoms with Gasteiger partial charge in [0.1, 0.15) is 11.7 Å². The fraction of sp³-hybridized carbons (Fsp3) is 0.333. The Kier molecular flexibility index (Phi) is 4.67. The third-order valence-electron chi connectivity index (χ3n) is 3.18. The van der Waals surface area contributed by atoms with E-state index in [4.69, 9.17) is 0 Å². The number of carboxylic acid groups (broad SMARTS) is 1. The molecule has 1 aromatic heterocycles. The minimum Gasteiger partial charge on any atom is -0.480 e. The Labute approximate surface area is 130 Å². The molecule has 0 aliphatic heterocycles. The van der Waals surface area contributed by atoms with E-state index in [9.17, 15) is 14.7 Å². The monoisotopic (exact) mass is 352 g/mol. The Bertz CT molecular complexity index is 679. The molecule has 2 rings (SSSR count). The van der Waals surface area contributed by atoms with Gasteiger partial charge in [-0.15, -0.1) is 0 Å². The van der Waals surface area contributed by atoms with Crippen LogP contribution in [0.15, 0.2) is 28.7 Å². The molecule has 0 saturated heterocycles. The molecule has 0 aliphatic rings. The predicted octanol–water partition coefficient (Wildman–Crippen LogP) is 3.16. The number of benzene rings is 1. The van der Waals surface area contributed by atoms with Gasteiger partial charge in [-0.25, -0.2) is 4.79 Å². The zero-order valence-electron chi connectivity index (χ0n) is 11.8. The molecule has 1 aromatic carbocycles. The highest BCUT2D eigenvalue weighted by Gasteiger charge is 2.24.